The summed E-state index contributed by atoms with van der Waals surface area (Å²) in [6.45, 7) is 1.31. The van der Waals surface area contributed by atoms with Gasteiger partial charge < -0.3 is 10.6 Å². The molecule has 0 aliphatic rings. The third kappa shape index (κ3) is 3.79. The van der Waals surface area contributed by atoms with Crippen LogP contribution in [0.2, 0.25) is 5.02 Å². The van der Waals surface area contributed by atoms with Gasteiger partial charge in [0.2, 0.25) is 5.95 Å². The number of para-hydroxylation sites is 1. The van der Waals surface area contributed by atoms with Gasteiger partial charge in [0.25, 0.3) is 0 Å². The van der Waals surface area contributed by atoms with Gasteiger partial charge in [-0.2, -0.15) is 4.98 Å². The molecule has 6 heteroatoms. The van der Waals surface area contributed by atoms with Crippen LogP contribution in [0.25, 0.3) is 10.9 Å². The molecule has 0 saturated carbocycles. The molecule has 0 bridgehead atoms. The molecule has 0 aliphatic carbocycles. The van der Waals surface area contributed by atoms with E-state index in [-0.39, 0.29) is 0 Å². The molecule has 130 valence electrons. The van der Waals surface area contributed by atoms with Crippen molar-refractivity contribution >= 4 is 45.6 Å². The number of hydrogen-bond acceptors (Lipinski definition) is 5. The van der Waals surface area contributed by atoms with Crippen LogP contribution in [-0.4, -0.2) is 9.97 Å². The van der Waals surface area contributed by atoms with Gasteiger partial charge in [0.1, 0.15) is 5.82 Å². The van der Waals surface area contributed by atoms with Gasteiger partial charge in [0.15, 0.2) is 0 Å². The molecule has 26 heavy (non-hydrogen) atoms. The fourth-order valence-electron chi connectivity index (χ4n) is 2.69. The summed E-state index contributed by atoms with van der Waals surface area (Å²) in [7, 11) is 0. The van der Waals surface area contributed by atoms with Crippen LogP contribution in [0.15, 0.2) is 66.0 Å². The highest BCUT2D eigenvalue weighted by atomic mass is 35.5. The number of nitrogens with zero attached hydrogens (tertiary/aromatic N) is 2. The molecule has 2 heterocycles. The minimum absolute atomic E-state index is 0.572. The van der Waals surface area contributed by atoms with Gasteiger partial charge in [-0.15, -0.1) is 11.3 Å². The van der Waals surface area contributed by atoms with E-state index in [9.17, 15) is 0 Å². The molecular formula is C20H17ClN4S. The monoisotopic (exact) mass is 380 g/mol. The second kappa shape index (κ2) is 7.72. The Morgan fingerprint density at radius 1 is 0.846 bits per heavy atom. The fraction of sp³-hybridized carbons (Fsp3) is 0.100. The number of hydrogen-bond donors (Lipinski definition) is 2. The Hall–Kier alpha value is -2.63. The first-order chi connectivity index (χ1) is 12.8. The topological polar surface area (TPSA) is 49.8 Å². The Balaban J connectivity index is 1.59. The summed E-state index contributed by atoms with van der Waals surface area (Å²) in [5, 5.41) is 10.5. The molecule has 2 aromatic carbocycles. The number of aromatic nitrogens is 2. The van der Waals surface area contributed by atoms with Crippen LogP contribution in [0, 0.1) is 0 Å². The van der Waals surface area contributed by atoms with Crippen molar-refractivity contribution in [3.63, 3.8) is 0 Å². The molecule has 0 amide bonds. The van der Waals surface area contributed by atoms with Crippen LogP contribution in [0.5, 0.6) is 0 Å². The number of rotatable bonds is 6. The van der Waals surface area contributed by atoms with Crippen LogP contribution in [-0.2, 0) is 13.1 Å². The second-order valence-electron chi connectivity index (χ2n) is 5.79. The van der Waals surface area contributed by atoms with Gasteiger partial charge in [-0.25, -0.2) is 4.98 Å². The zero-order chi connectivity index (χ0) is 17.8. The summed E-state index contributed by atoms with van der Waals surface area (Å²) in [5.41, 5.74) is 1.91. The summed E-state index contributed by atoms with van der Waals surface area (Å²) in [6.07, 6.45) is 0. The lowest BCUT2D eigenvalue weighted by Crippen LogP contribution is -2.08. The number of anilines is 2. The normalized spacial score (nSPS) is 10.8. The summed E-state index contributed by atoms with van der Waals surface area (Å²) in [4.78, 5) is 10.6. The first kappa shape index (κ1) is 16.8. The summed E-state index contributed by atoms with van der Waals surface area (Å²) in [6, 6.07) is 19.9. The van der Waals surface area contributed by atoms with E-state index in [1.807, 2.05) is 48.5 Å². The second-order valence-corrected chi connectivity index (χ2v) is 7.23. The summed E-state index contributed by atoms with van der Waals surface area (Å²) < 4.78 is 0. The molecule has 0 radical (unpaired) electrons. The van der Waals surface area contributed by atoms with Gasteiger partial charge in [-0.3, -0.25) is 0 Å². The van der Waals surface area contributed by atoms with Crippen LogP contribution < -0.4 is 10.6 Å². The first-order valence-electron chi connectivity index (χ1n) is 8.30. The maximum atomic E-state index is 6.23. The Bertz CT molecular complexity index is 1020. The van der Waals surface area contributed by atoms with Crippen molar-refractivity contribution in [2.24, 2.45) is 0 Å². The van der Waals surface area contributed by atoms with Crippen molar-refractivity contribution in [1.29, 1.82) is 0 Å². The lowest BCUT2D eigenvalue weighted by Gasteiger charge is -2.12. The first-order valence-corrected chi connectivity index (χ1v) is 9.56. The Morgan fingerprint density at radius 2 is 1.69 bits per heavy atom. The van der Waals surface area contributed by atoms with Crippen molar-refractivity contribution in [3.8, 4) is 0 Å². The molecule has 0 unspecified atom stereocenters. The molecule has 2 N–H and O–H groups in total. The highest BCUT2D eigenvalue weighted by Gasteiger charge is 2.08. The van der Waals surface area contributed by atoms with Crippen molar-refractivity contribution in [3.05, 3.63) is 81.5 Å². The van der Waals surface area contributed by atoms with E-state index in [1.54, 1.807) is 11.3 Å². The van der Waals surface area contributed by atoms with E-state index in [0.717, 1.165) is 33.9 Å². The predicted octanol–water partition coefficient (Wildman–Crippen LogP) is 5.57. The average molecular weight is 381 g/mol. The van der Waals surface area contributed by atoms with Crippen molar-refractivity contribution in [1.82, 2.24) is 9.97 Å². The zero-order valence-electron chi connectivity index (χ0n) is 13.9. The molecular weight excluding hydrogens is 364 g/mol. The Morgan fingerprint density at radius 3 is 2.54 bits per heavy atom. The Labute approximate surface area is 160 Å². The molecule has 4 nitrogen and oxygen atoms in total. The predicted molar refractivity (Wildman–Crippen MR) is 110 cm³/mol. The number of nitrogens with one attached hydrogen (secondary N) is 2. The van der Waals surface area contributed by atoms with Crippen molar-refractivity contribution in [2.45, 2.75) is 13.1 Å². The SMILES string of the molecule is Clc1ccccc1CNc1nc(NCc2cccs2)c2ccccc2n1. The summed E-state index contributed by atoms with van der Waals surface area (Å²) in [5.74, 6) is 1.41. The minimum Gasteiger partial charge on any atom is -0.364 e. The largest absolute Gasteiger partial charge is 0.364 e. The van der Waals surface area contributed by atoms with Gasteiger partial charge in [0, 0.05) is 21.8 Å². The van der Waals surface area contributed by atoms with E-state index >= 15 is 0 Å². The number of fused-ring (bicyclic) bond motifs is 1. The quantitative estimate of drug-likeness (QED) is 0.459. The summed E-state index contributed by atoms with van der Waals surface area (Å²) >= 11 is 7.96. The van der Waals surface area contributed by atoms with Crippen LogP contribution in [0.3, 0.4) is 0 Å². The molecule has 0 aliphatic heterocycles. The minimum atomic E-state index is 0.572. The number of halogens is 1. The van der Waals surface area contributed by atoms with Gasteiger partial charge in [0.05, 0.1) is 12.1 Å². The van der Waals surface area contributed by atoms with Crippen LogP contribution >= 0.6 is 22.9 Å². The van der Waals surface area contributed by atoms with E-state index < -0.39 is 0 Å². The third-order valence-electron chi connectivity index (χ3n) is 4.01. The van der Waals surface area contributed by atoms with Crippen LogP contribution in [0.4, 0.5) is 11.8 Å². The van der Waals surface area contributed by atoms with Gasteiger partial charge >= 0.3 is 0 Å². The van der Waals surface area contributed by atoms with E-state index in [4.69, 9.17) is 11.6 Å². The van der Waals surface area contributed by atoms with E-state index in [0.29, 0.717) is 12.5 Å². The van der Waals surface area contributed by atoms with Gasteiger partial charge in [-0.05, 0) is 35.2 Å². The molecule has 0 atom stereocenters. The lowest BCUT2D eigenvalue weighted by molar-refractivity contribution is 1.06. The van der Waals surface area contributed by atoms with Crippen LogP contribution in [0.1, 0.15) is 10.4 Å². The molecule has 4 aromatic rings. The average Bonchev–Trinajstić information content (AvgIpc) is 3.19. The van der Waals surface area contributed by atoms with E-state index in [1.165, 1.54) is 4.88 Å². The maximum Gasteiger partial charge on any atom is 0.225 e. The number of thiophene rings is 1. The number of benzene rings is 2. The molecule has 2 aromatic heterocycles. The van der Waals surface area contributed by atoms with Crippen molar-refractivity contribution in [2.75, 3.05) is 10.6 Å². The highest BCUT2D eigenvalue weighted by Crippen LogP contribution is 2.24. The van der Waals surface area contributed by atoms with Crippen molar-refractivity contribution < 1.29 is 0 Å². The van der Waals surface area contributed by atoms with E-state index in [2.05, 4.69) is 38.1 Å². The van der Waals surface area contributed by atoms with Gasteiger partial charge in [-0.1, -0.05) is 48.0 Å². The lowest BCUT2D eigenvalue weighted by atomic mass is 10.2. The maximum absolute atomic E-state index is 6.23. The molecule has 0 spiro atoms. The zero-order valence-corrected chi connectivity index (χ0v) is 15.5. The highest BCUT2D eigenvalue weighted by molar-refractivity contribution is 7.09. The smallest absolute Gasteiger partial charge is 0.225 e. The molecule has 0 fully saturated rings. The molecule has 0 saturated heterocycles. The fourth-order valence-corrected chi connectivity index (χ4v) is 3.54. The standard InChI is InChI=1S/C20H17ClN4S/c21-17-9-3-1-6-14(17)12-23-20-24-18-10-4-2-8-16(18)19(25-20)22-13-15-7-5-11-26-15/h1-11H,12-13H2,(H2,22,23,24,25). The molecule has 4 rings (SSSR count). The Kier molecular flexibility index (Phi) is 5.00. The third-order valence-corrected chi connectivity index (χ3v) is 5.25.